The lowest BCUT2D eigenvalue weighted by Crippen LogP contribution is -2.40. The SMILES string of the molecule is C[C@H](OC(=O)c1ccc2c(c1)C(=O)N(C1CCCCC1)C2=O)C(=O)N(C)C. The van der Waals surface area contributed by atoms with Gasteiger partial charge in [0, 0.05) is 20.1 Å². The second-order valence-electron chi connectivity index (χ2n) is 7.31. The van der Waals surface area contributed by atoms with Crippen LogP contribution in [-0.4, -0.2) is 59.7 Å². The molecule has 0 unspecified atom stereocenters. The number of benzene rings is 1. The molecule has 7 heteroatoms. The van der Waals surface area contributed by atoms with E-state index in [4.69, 9.17) is 4.74 Å². The lowest BCUT2D eigenvalue weighted by Gasteiger charge is -2.29. The Kier molecular flexibility index (Phi) is 5.30. The second-order valence-corrected chi connectivity index (χ2v) is 7.31. The number of rotatable bonds is 4. The summed E-state index contributed by atoms with van der Waals surface area (Å²) in [6.45, 7) is 1.49. The molecule has 0 N–H and O–H groups in total. The van der Waals surface area contributed by atoms with E-state index in [1.54, 1.807) is 14.1 Å². The quantitative estimate of drug-likeness (QED) is 0.598. The fraction of sp³-hybridized carbons (Fsp3) is 0.500. The zero-order valence-electron chi connectivity index (χ0n) is 15.9. The Labute approximate surface area is 158 Å². The summed E-state index contributed by atoms with van der Waals surface area (Å²) in [6.07, 6.45) is 3.85. The van der Waals surface area contributed by atoms with Crippen molar-refractivity contribution in [2.24, 2.45) is 0 Å². The normalized spacial score (nSPS) is 18.3. The van der Waals surface area contributed by atoms with Gasteiger partial charge in [0.15, 0.2) is 6.10 Å². The Hall–Kier alpha value is -2.70. The molecule has 0 saturated heterocycles. The number of amides is 3. The van der Waals surface area contributed by atoms with E-state index < -0.39 is 12.1 Å². The molecule has 1 aliphatic heterocycles. The van der Waals surface area contributed by atoms with Crippen molar-refractivity contribution in [2.75, 3.05) is 14.1 Å². The third-order valence-electron chi connectivity index (χ3n) is 5.17. The first-order valence-corrected chi connectivity index (χ1v) is 9.25. The minimum absolute atomic E-state index is 0.0701. The van der Waals surface area contributed by atoms with Gasteiger partial charge in [-0.1, -0.05) is 19.3 Å². The Bertz CT molecular complexity index is 796. The number of esters is 1. The topological polar surface area (TPSA) is 84.0 Å². The maximum Gasteiger partial charge on any atom is 0.338 e. The van der Waals surface area contributed by atoms with Crippen LogP contribution >= 0.6 is 0 Å². The van der Waals surface area contributed by atoms with Crippen LogP contribution in [0.3, 0.4) is 0 Å². The number of likely N-dealkylation sites (N-methyl/N-ethyl adjacent to an activating group) is 1. The number of fused-ring (bicyclic) bond motifs is 1. The summed E-state index contributed by atoms with van der Waals surface area (Å²) in [5, 5.41) is 0. The maximum absolute atomic E-state index is 12.8. The Balaban J connectivity index is 1.79. The van der Waals surface area contributed by atoms with Crippen molar-refractivity contribution in [3.05, 3.63) is 34.9 Å². The van der Waals surface area contributed by atoms with Crippen molar-refractivity contribution in [1.29, 1.82) is 0 Å². The van der Waals surface area contributed by atoms with Crippen molar-refractivity contribution in [1.82, 2.24) is 9.80 Å². The van der Waals surface area contributed by atoms with Crippen molar-refractivity contribution in [2.45, 2.75) is 51.2 Å². The first kappa shape index (κ1) is 19.1. The van der Waals surface area contributed by atoms with Gasteiger partial charge in [-0.25, -0.2) is 4.79 Å². The van der Waals surface area contributed by atoms with Crippen molar-refractivity contribution in [3.8, 4) is 0 Å². The molecule has 1 heterocycles. The van der Waals surface area contributed by atoms with Crippen molar-refractivity contribution < 1.29 is 23.9 Å². The Morgan fingerprint density at radius 2 is 1.70 bits per heavy atom. The van der Waals surface area contributed by atoms with Crippen molar-refractivity contribution in [3.63, 3.8) is 0 Å². The van der Waals surface area contributed by atoms with E-state index in [0.29, 0.717) is 5.56 Å². The smallest absolute Gasteiger partial charge is 0.338 e. The summed E-state index contributed by atoms with van der Waals surface area (Å²) >= 11 is 0. The van der Waals surface area contributed by atoms with Crippen LogP contribution in [0, 0.1) is 0 Å². The minimum Gasteiger partial charge on any atom is -0.449 e. The average molecular weight is 372 g/mol. The summed E-state index contributed by atoms with van der Waals surface area (Å²) in [4.78, 5) is 52.3. The standard InChI is InChI=1S/C20H24N2O5/c1-12(17(23)21(2)3)27-20(26)13-9-10-15-16(11-13)19(25)22(18(15)24)14-7-5-4-6-8-14/h9-12,14H,4-8H2,1-3H3/t12-/m0/s1. The van der Waals surface area contributed by atoms with Crippen LogP contribution in [0.25, 0.3) is 0 Å². The molecule has 3 amide bonds. The molecule has 1 aliphatic carbocycles. The van der Waals surface area contributed by atoms with E-state index in [0.717, 1.165) is 32.1 Å². The Morgan fingerprint density at radius 3 is 2.33 bits per heavy atom. The van der Waals surface area contributed by atoms with E-state index >= 15 is 0 Å². The van der Waals surface area contributed by atoms with Crippen LogP contribution in [0.5, 0.6) is 0 Å². The highest BCUT2D eigenvalue weighted by Crippen LogP contribution is 2.31. The lowest BCUT2D eigenvalue weighted by molar-refractivity contribution is -0.137. The van der Waals surface area contributed by atoms with E-state index in [1.807, 2.05) is 0 Å². The molecule has 27 heavy (non-hydrogen) atoms. The highest BCUT2D eigenvalue weighted by Gasteiger charge is 2.40. The molecule has 7 nitrogen and oxygen atoms in total. The lowest BCUT2D eigenvalue weighted by atomic mass is 9.94. The van der Waals surface area contributed by atoms with E-state index in [2.05, 4.69) is 0 Å². The third kappa shape index (κ3) is 3.59. The number of hydrogen-bond donors (Lipinski definition) is 0. The van der Waals surface area contributed by atoms with Gasteiger partial charge in [-0.15, -0.1) is 0 Å². The number of carbonyl (C=O) groups is 4. The highest BCUT2D eigenvalue weighted by atomic mass is 16.5. The van der Waals surface area contributed by atoms with Gasteiger partial charge in [-0.3, -0.25) is 19.3 Å². The summed E-state index contributed by atoms with van der Waals surface area (Å²) in [5.41, 5.74) is 0.699. The van der Waals surface area contributed by atoms with Crippen LogP contribution in [0.1, 0.15) is 70.1 Å². The van der Waals surface area contributed by atoms with Gasteiger partial charge in [-0.05, 0) is 38.0 Å². The molecule has 1 atom stereocenters. The number of carbonyl (C=O) groups excluding carboxylic acids is 4. The molecule has 0 spiro atoms. The van der Waals surface area contributed by atoms with Gasteiger partial charge in [-0.2, -0.15) is 0 Å². The molecule has 2 aliphatic rings. The van der Waals surface area contributed by atoms with Gasteiger partial charge in [0.05, 0.1) is 16.7 Å². The van der Waals surface area contributed by atoms with E-state index in [1.165, 1.54) is 34.9 Å². The first-order valence-electron chi connectivity index (χ1n) is 9.25. The van der Waals surface area contributed by atoms with Crippen LogP contribution in [-0.2, 0) is 9.53 Å². The second kappa shape index (κ2) is 7.50. The molecule has 1 fully saturated rings. The molecule has 1 saturated carbocycles. The number of nitrogens with zero attached hydrogens (tertiary/aromatic N) is 2. The molecule has 1 aromatic carbocycles. The minimum atomic E-state index is -0.933. The molecule has 144 valence electrons. The summed E-state index contributed by atoms with van der Waals surface area (Å²) in [6, 6.07) is 4.28. The third-order valence-corrected chi connectivity index (χ3v) is 5.17. The van der Waals surface area contributed by atoms with E-state index in [9.17, 15) is 19.2 Å². The molecule has 0 bridgehead atoms. The largest absolute Gasteiger partial charge is 0.449 e. The highest BCUT2D eigenvalue weighted by molar-refractivity contribution is 6.22. The average Bonchev–Trinajstić information content (AvgIpc) is 2.91. The van der Waals surface area contributed by atoms with Gasteiger partial charge >= 0.3 is 5.97 Å². The Morgan fingerprint density at radius 1 is 1.07 bits per heavy atom. The molecule has 3 rings (SSSR count). The van der Waals surface area contributed by atoms with Gasteiger partial charge in [0.2, 0.25) is 0 Å². The summed E-state index contributed by atoms with van der Waals surface area (Å²) in [7, 11) is 3.15. The fourth-order valence-electron chi connectivity index (χ4n) is 3.70. The van der Waals surface area contributed by atoms with Gasteiger partial charge in [0.1, 0.15) is 0 Å². The maximum atomic E-state index is 12.8. The van der Waals surface area contributed by atoms with Gasteiger partial charge in [0.25, 0.3) is 17.7 Å². The zero-order valence-corrected chi connectivity index (χ0v) is 15.9. The van der Waals surface area contributed by atoms with E-state index in [-0.39, 0.29) is 34.9 Å². The van der Waals surface area contributed by atoms with Crippen LogP contribution < -0.4 is 0 Å². The predicted octanol–water partition coefficient (Wildman–Crippen LogP) is 2.25. The molecule has 0 radical (unpaired) electrons. The number of hydrogen-bond acceptors (Lipinski definition) is 5. The monoisotopic (exact) mass is 372 g/mol. The first-order chi connectivity index (χ1) is 12.8. The van der Waals surface area contributed by atoms with Crippen LogP contribution in [0.2, 0.25) is 0 Å². The number of imide groups is 1. The predicted molar refractivity (Wildman–Crippen MR) is 97.4 cm³/mol. The molecule has 1 aromatic rings. The molecule has 0 aromatic heterocycles. The van der Waals surface area contributed by atoms with Crippen LogP contribution in [0.15, 0.2) is 18.2 Å². The fourth-order valence-corrected chi connectivity index (χ4v) is 3.70. The number of ether oxygens (including phenoxy) is 1. The molecular weight excluding hydrogens is 348 g/mol. The molecular formula is C20H24N2O5. The summed E-state index contributed by atoms with van der Waals surface area (Å²) in [5.74, 6) is -1.68. The summed E-state index contributed by atoms with van der Waals surface area (Å²) < 4.78 is 5.18. The van der Waals surface area contributed by atoms with Crippen molar-refractivity contribution >= 4 is 23.7 Å². The zero-order chi connectivity index (χ0) is 19.7. The van der Waals surface area contributed by atoms with Crippen LogP contribution in [0.4, 0.5) is 0 Å². The van der Waals surface area contributed by atoms with Gasteiger partial charge < -0.3 is 9.64 Å².